The molecule has 2 aliphatic rings. The van der Waals surface area contributed by atoms with Crippen molar-refractivity contribution in [3.63, 3.8) is 0 Å². The predicted octanol–water partition coefficient (Wildman–Crippen LogP) is 1.79. The third kappa shape index (κ3) is 5.72. The number of amides is 3. The van der Waals surface area contributed by atoms with Crippen LogP contribution < -0.4 is 5.32 Å². The van der Waals surface area contributed by atoms with Gasteiger partial charge in [0.1, 0.15) is 0 Å². The fraction of sp³-hybridized carbons (Fsp3) is 0.842. The van der Waals surface area contributed by atoms with Gasteiger partial charge in [-0.3, -0.25) is 14.4 Å². The standard InChI is InChI=1S/C19H33N3O3/c1-19(2,3)18(25)20-10-6-9-16(23)21-11-13-22(14-12-21)17(24)15-7-4-5-8-15/h15H,4-14H2,1-3H3,(H,20,25). The largest absolute Gasteiger partial charge is 0.356 e. The van der Waals surface area contributed by atoms with Crippen molar-refractivity contribution >= 4 is 17.7 Å². The summed E-state index contributed by atoms with van der Waals surface area (Å²) in [5.41, 5.74) is -0.397. The minimum atomic E-state index is -0.397. The fourth-order valence-electron chi connectivity index (χ4n) is 3.47. The lowest BCUT2D eigenvalue weighted by Gasteiger charge is -2.36. The Kier molecular flexibility index (Phi) is 6.85. The number of nitrogens with one attached hydrogen (secondary N) is 1. The average molecular weight is 351 g/mol. The highest BCUT2D eigenvalue weighted by atomic mass is 16.2. The molecule has 2 fully saturated rings. The van der Waals surface area contributed by atoms with Gasteiger partial charge in [0, 0.05) is 50.5 Å². The first kappa shape index (κ1) is 19.7. The molecule has 0 aromatic carbocycles. The maximum absolute atomic E-state index is 12.4. The van der Waals surface area contributed by atoms with Crippen molar-refractivity contribution in [2.45, 2.75) is 59.3 Å². The third-order valence-electron chi connectivity index (χ3n) is 5.18. The van der Waals surface area contributed by atoms with Gasteiger partial charge in [0.15, 0.2) is 0 Å². The Morgan fingerprint density at radius 1 is 0.960 bits per heavy atom. The summed E-state index contributed by atoms with van der Waals surface area (Å²) in [6.07, 6.45) is 5.49. The van der Waals surface area contributed by atoms with E-state index in [4.69, 9.17) is 0 Å². The van der Waals surface area contributed by atoms with Gasteiger partial charge in [0.25, 0.3) is 0 Å². The van der Waals surface area contributed by atoms with Gasteiger partial charge in [0.05, 0.1) is 0 Å². The number of carbonyl (C=O) groups is 3. The third-order valence-corrected chi connectivity index (χ3v) is 5.18. The summed E-state index contributed by atoms with van der Waals surface area (Å²) in [7, 11) is 0. The summed E-state index contributed by atoms with van der Waals surface area (Å²) in [5.74, 6) is 0.639. The maximum atomic E-state index is 12.4. The lowest BCUT2D eigenvalue weighted by molar-refractivity contribution is -0.142. The second-order valence-corrected chi connectivity index (χ2v) is 8.30. The van der Waals surface area contributed by atoms with Gasteiger partial charge in [-0.15, -0.1) is 0 Å². The molecule has 25 heavy (non-hydrogen) atoms. The Morgan fingerprint density at radius 3 is 2.08 bits per heavy atom. The van der Waals surface area contributed by atoms with Crippen LogP contribution in [0.4, 0.5) is 0 Å². The number of rotatable bonds is 5. The van der Waals surface area contributed by atoms with Gasteiger partial charge in [-0.25, -0.2) is 0 Å². The van der Waals surface area contributed by atoms with Crippen LogP contribution in [0.1, 0.15) is 59.3 Å². The van der Waals surface area contributed by atoms with Crippen molar-refractivity contribution in [1.82, 2.24) is 15.1 Å². The molecule has 3 amide bonds. The number of piperazine rings is 1. The molecule has 142 valence electrons. The predicted molar refractivity (Wildman–Crippen MR) is 96.8 cm³/mol. The van der Waals surface area contributed by atoms with Crippen LogP contribution >= 0.6 is 0 Å². The van der Waals surface area contributed by atoms with Crippen LogP contribution in [0, 0.1) is 11.3 Å². The molecular weight excluding hydrogens is 318 g/mol. The second kappa shape index (κ2) is 8.68. The first-order valence-corrected chi connectivity index (χ1v) is 9.64. The highest BCUT2D eigenvalue weighted by Crippen LogP contribution is 2.27. The number of hydrogen-bond donors (Lipinski definition) is 1. The molecule has 0 aromatic heterocycles. The van der Waals surface area contributed by atoms with E-state index in [-0.39, 0.29) is 23.6 Å². The summed E-state index contributed by atoms with van der Waals surface area (Å²) >= 11 is 0. The number of carbonyl (C=O) groups excluding carboxylic acids is 3. The zero-order valence-electron chi connectivity index (χ0n) is 16.0. The smallest absolute Gasteiger partial charge is 0.225 e. The zero-order chi connectivity index (χ0) is 18.4. The molecule has 0 unspecified atom stereocenters. The van der Waals surface area contributed by atoms with Gasteiger partial charge in [0.2, 0.25) is 17.7 Å². The Bertz CT molecular complexity index is 485. The van der Waals surface area contributed by atoms with Crippen LogP contribution in [-0.2, 0) is 14.4 Å². The normalized spacial score (nSPS) is 19.2. The summed E-state index contributed by atoms with van der Waals surface area (Å²) < 4.78 is 0. The van der Waals surface area contributed by atoms with Crippen molar-refractivity contribution < 1.29 is 14.4 Å². The van der Waals surface area contributed by atoms with Crippen LogP contribution in [0.5, 0.6) is 0 Å². The molecule has 2 rings (SSSR count). The van der Waals surface area contributed by atoms with Crippen molar-refractivity contribution in [3.05, 3.63) is 0 Å². The molecule has 1 saturated heterocycles. The van der Waals surface area contributed by atoms with Crippen molar-refractivity contribution in [2.24, 2.45) is 11.3 Å². The van der Waals surface area contributed by atoms with E-state index < -0.39 is 5.41 Å². The van der Waals surface area contributed by atoms with Crippen LogP contribution in [0.25, 0.3) is 0 Å². The first-order valence-electron chi connectivity index (χ1n) is 9.64. The van der Waals surface area contributed by atoms with E-state index in [1.807, 2.05) is 30.6 Å². The molecule has 0 bridgehead atoms. The Labute approximate surface area is 151 Å². The minimum absolute atomic E-state index is 0.0130. The van der Waals surface area contributed by atoms with E-state index in [0.29, 0.717) is 45.6 Å². The first-order chi connectivity index (χ1) is 11.8. The van der Waals surface area contributed by atoms with E-state index >= 15 is 0 Å². The number of hydrogen-bond acceptors (Lipinski definition) is 3. The molecule has 6 nitrogen and oxygen atoms in total. The highest BCUT2D eigenvalue weighted by molar-refractivity contribution is 5.81. The molecule has 1 N–H and O–H groups in total. The van der Waals surface area contributed by atoms with Gasteiger partial charge < -0.3 is 15.1 Å². The lowest BCUT2D eigenvalue weighted by atomic mass is 9.96. The Morgan fingerprint density at radius 2 is 1.52 bits per heavy atom. The van der Waals surface area contributed by atoms with Gasteiger partial charge in [-0.1, -0.05) is 33.6 Å². The molecule has 1 saturated carbocycles. The van der Waals surface area contributed by atoms with E-state index in [9.17, 15) is 14.4 Å². The second-order valence-electron chi connectivity index (χ2n) is 8.30. The molecule has 6 heteroatoms. The van der Waals surface area contributed by atoms with Crippen molar-refractivity contribution in [2.75, 3.05) is 32.7 Å². The topological polar surface area (TPSA) is 69.7 Å². The lowest BCUT2D eigenvalue weighted by Crippen LogP contribution is -2.51. The molecule has 0 spiro atoms. The Hall–Kier alpha value is -1.59. The molecule has 1 aliphatic carbocycles. The van der Waals surface area contributed by atoms with E-state index in [1.165, 1.54) is 12.8 Å². The van der Waals surface area contributed by atoms with Gasteiger partial charge >= 0.3 is 0 Å². The molecule has 0 radical (unpaired) electrons. The molecule has 0 aromatic rings. The number of nitrogens with zero attached hydrogens (tertiary/aromatic N) is 2. The van der Waals surface area contributed by atoms with Crippen molar-refractivity contribution in [3.8, 4) is 0 Å². The Balaban J connectivity index is 1.64. The van der Waals surface area contributed by atoms with E-state index in [1.54, 1.807) is 0 Å². The quantitative estimate of drug-likeness (QED) is 0.768. The van der Waals surface area contributed by atoms with Crippen LogP contribution in [0.2, 0.25) is 0 Å². The van der Waals surface area contributed by atoms with E-state index in [2.05, 4.69) is 5.32 Å². The molecule has 0 atom stereocenters. The summed E-state index contributed by atoms with van der Waals surface area (Å²) in [4.78, 5) is 40.3. The summed E-state index contributed by atoms with van der Waals surface area (Å²) in [6, 6.07) is 0. The summed E-state index contributed by atoms with van der Waals surface area (Å²) in [5, 5.41) is 2.87. The molecule has 1 aliphatic heterocycles. The van der Waals surface area contributed by atoms with E-state index in [0.717, 1.165) is 12.8 Å². The summed E-state index contributed by atoms with van der Waals surface area (Å²) in [6.45, 7) is 8.72. The van der Waals surface area contributed by atoms with Gasteiger partial charge in [-0.05, 0) is 19.3 Å². The highest BCUT2D eigenvalue weighted by Gasteiger charge is 2.30. The monoisotopic (exact) mass is 351 g/mol. The fourth-order valence-corrected chi connectivity index (χ4v) is 3.47. The maximum Gasteiger partial charge on any atom is 0.225 e. The van der Waals surface area contributed by atoms with Crippen LogP contribution in [0.3, 0.4) is 0 Å². The van der Waals surface area contributed by atoms with Gasteiger partial charge in [-0.2, -0.15) is 0 Å². The molecular formula is C19H33N3O3. The van der Waals surface area contributed by atoms with Crippen LogP contribution in [-0.4, -0.2) is 60.2 Å². The molecule has 1 heterocycles. The van der Waals surface area contributed by atoms with Crippen molar-refractivity contribution in [1.29, 1.82) is 0 Å². The zero-order valence-corrected chi connectivity index (χ0v) is 16.0. The average Bonchev–Trinajstić information content (AvgIpc) is 3.11. The minimum Gasteiger partial charge on any atom is -0.356 e. The van der Waals surface area contributed by atoms with Crippen LogP contribution in [0.15, 0.2) is 0 Å². The SMILES string of the molecule is CC(C)(C)C(=O)NCCCC(=O)N1CCN(C(=O)C2CCCC2)CC1.